The molecule has 5 nitrogen and oxygen atoms in total. The first-order valence-corrected chi connectivity index (χ1v) is 2.69. The second-order valence-electron chi connectivity index (χ2n) is 1.85. The number of carboxylic acid groups (broad SMARTS) is 1. The first kappa shape index (κ1) is 6.76. The molecule has 0 aromatic carbocycles. The third-order valence-electron chi connectivity index (χ3n) is 1.14. The molecule has 0 saturated heterocycles. The van der Waals surface area contributed by atoms with Crippen molar-refractivity contribution in [2.45, 2.75) is 6.04 Å². The molecular weight excluding hydrogens is 134 g/mol. The van der Waals surface area contributed by atoms with Gasteiger partial charge in [0, 0.05) is 11.8 Å². The van der Waals surface area contributed by atoms with Crippen LogP contribution in [-0.4, -0.2) is 21.3 Å². The van der Waals surface area contributed by atoms with E-state index in [0.29, 0.717) is 5.56 Å². The number of aliphatic carboxylic acids is 1. The van der Waals surface area contributed by atoms with Gasteiger partial charge in [0.25, 0.3) is 0 Å². The van der Waals surface area contributed by atoms with Crippen LogP contribution in [0, 0.1) is 0 Å². The van der Waals surface area contributed by atoms with Gasteiger partial charge in [-0.1, -0.05) is 0 Å². The fourth-order valence-corrected chi connectivity index (χ4v) is 0.574. The molecule has 4 N–H and O–H groups in total. The van der Waals surface area contributed by atoms with E-state index in [1.807, 2.05) is 0 Å². The minimum Gasteiger partial charge on any atom is -0.480 e. The molecule has 1 aromatic heterocycles. The number of carbonyl (C=O) groups is 1. The molecule has 1 rings (SSSR count). The Morgan fingerprint density at radius 3 is 3.00 bits per heavy atom. The van der Waals surface area contributed by atoms with Crippen molar-refractivity contribution in [2.75, 3.05) is 0 Å². The van der Waals surface area contributed by atoms with Gasteiger partial charge in [-0.3, -0.25) is 9.89 Å². The van der Waals surface area contributed by atoms with Crippen molar-refractivity contribution in [2.24, 2.45) is 5.73 Å². The van der Waals surface area contributed by atoms with Crippen LogP contribution in [0.5, 0.6) is 0 Å². The smallest absolute Gasteiger partial charge is 0.325 e. The topological polar surface area (TPSA) is 92.0 Å². The predicted octanol–water partition coefficient (Wildman–Crippen LogP) is -0.506. The molecule has 0 fully saturated rings. The highest BCUT2D eigenvalue weighted by molar-refractivity contribution is 5.74. The average Bonchev–Trinajstić information content (AvgIpc) is 2.36. The van der Waals surface area contributed by atoms with E-state index in [4.69, 9.17) is 10.8 Å². The SMILES string of the molecule is NC(C(=O)O)c1cn[nH]c1. The average molecular weight is 141 g/mol. The van der Waals surface area contributed by atoms with E-state index in [9.17, 15) is 4.79 Å². The minimum atomic E-state index is -1.05. The molecule has 1 heterocycles. The van der Waals surface area contributed by atoms with Gasteiger partial charge in [-0.25, -0.2) is 0 Å². The van der Waals surface area contributed by atoms with Gasteiger partial charge >= 0.3 is 5.97 Å². The van der Waals surface area contributed by atoms with Crippen molar-refractivity contribution < 1.29 is 9.90 Å². The van der Waals surface area contributed by atoms with Crippen LogP contribution in [-0.2, 0) is 4.79 Å². The number of hydrogen-bond acceptors (Lipinski definition) is 3. The van der Waals surface area contributed by atoms with Crippen LogP contribution in [0.4, 0.5) is 0 Å². The number of nitrogens with one attached hydrogen (secondary N) is 1. The van der Waals surface area contributed by atoms with Crippen LogP contribution >= 0.6 is 0 Å². The van der Waals surface area contributed by atoms with Crippen LogP contribution in [0.2, 0.25) is 0 Å². The van der Waals surface area contributed by atoms with Gasteiger partial charge in [0.1, 0.15) is 6.04 Å². The summed E-state index contributed by atoms with van der Waals surface area (Å²) >= 11 is 0. The number of carboxylic acids is 1. The number of aromatic nitrogens is 2. The summed E-state index contributed by atoms with van der Waals surface area (Å²) in [5.41, 5.74) is 5.70. The maximum atomic E-state index is 10.2. The molecule has 0 spiro atoms. The number of nitrogens with two attached hydrogens (primary N) is 1. The molecule has 1 unspecified atom stereocenters. The maximum Gasteiger partial charge on any atom is 0.325 e. The number of H-pyrrole nitrogens is 1. The first-order chi connectivity index (χ1) is 4.72. The Hall–Kier alpha value is -1.36. The monoisotopic (exact) mass is 141 g/mol. The highest BCUT2D eigenvalue weighted by Crippen LogP contribution is 2.05. The fraction of sp³-hybridized carbons (Fsp3) is 0.200. The molecule has 1 atom stereocenters. The normalized spacial score (nSPS) is 12.9. The van der Waals surface area contributed by atoms with Gasteiger partial charge in [0.05, 0.1) is 6.20 Å². The number of nitrogens with zero attached hydrogens (tertiary/aromatic N) is 1. The molecule has 0 aliphatic heterocycles. The molecule has 0 amide bonds. The summed E-state index contributed by atoms with van der Waals surface area (Å²) < 4.78 is 0. The first-order valence-electron chi connectivity index (χ1n) is 2.69. The predicted molar refractivity (Wildman–Crippen MR) is 33.2 cm³/mol. The molecular formula is C5H7N3O2. The lowest BCUT2D eigenvalue weighted by atomic mass is 10.2. The molecule has 10 heavy (non-hydrogen) atoms. The molecule has 0 saturated carbocycles. The van der Waals surface area contributed by atoms with E-state index >= 15 is 0 Å². The van der Waals surface area contributed by atoms with Crippen molar-refractivity contribution >= 4 is 5.97 Å². The Bertz CT molecular complexity index is 219. The molecule has 0 radical (unpaired) electrons. The number of aromatic amines is 1. The lowest BCUT2D eigenvalue weighted by Crippen LogP contribution is -2.19. The highest BCUT2D eigenvalue weighted by atomic mass is 16.4. The van der Waals surface area contributed by atoms with Crippen molar-refractivity contribution in [3.8, 4) is 0 Å². The summed E-state index contributed by atoms with van der Waals surface area (Å²) in [6.45, 7) is 0. The third kappa shape index (κ3) is 1.14. The van der Waals surface area contributed by atoms with Gasteiger partial charge in [-0.05, 0) is 0 Å². The van der Waals surface area contributed by atoms with Crippen LogP contribution in [0.25, 0.3) is 0 Å². The summed E-state index contributed by atoms with van der Waals surface area (Å²) in [6.07, 6.45) is 2.84. The largest absolute Gasteiger partial charge is 0.480 e. The van der Waals surface area contributed by atoms with Crippen molar-refractivity contribution in [1.29, 1.82) is 0 Å². The molecule has 0 bridgehead atoms. The lowest BCUT2D eigenvalue weighted by Gasteiger charge is -1.99. The van der Waals surface area contributed by atoms with Crippen molar-refractivity contribution in [3.05, 3.63) is 18.0 Å². The van der Waals surface area contributed by atoms with E-state index < -0.39 is 12.0 Å². The van der Waals surface area contributed by atoms with E-state index in [1.165, 1.54) is 12.4 Å². The zero-order chi connectivity index (χ0) is 7.56. The number of hydrogen-bond donors (Lipinski definition) is 3. The molecule has 0 aliphatic rings. The Morgan fingerprint density at radius 1 is 1.90 bits per heavy atom. The lowest BCUT2D eigenvalue weighted by molar-refractivity contribution is -0.138. The van der Waals surface area contributed by atoms with E-state index in [0.717, 1.165) is 0 Å². The van der Waals surface area contributed by atoms with Crippen LogP contribution < -0.4 is 5.73 Å². The van der Waals surface area contributed by atoms with Gasteiger partial charge in [0.2, 0.25) is 0 Å². The fourth-order valence-electron chi connectivity index (χ4n) is 0.574. The van der Waals surface area contributed by atoms with Crippen LogP contribution in [0.3, 0.4) is 0 Å². The summed E-state index contributed by atoms with van der Waals surface area (Å²) in [5, 5.41) is 14.4. The standard InChI is InChI=1S/C5H7N3O2/c6-4(5(9)10)3-1-7-8-2-3/h1-2,4H,6H2,(H,7,8)(H,9,10). The Morgan fingerprint density at radius 2 is 2.60 bits per heavy atom. The van der Waals surface area contributed by atoms with Gasteiger partial charge in [-0.15, -0.1) is 0 Å². The van der Waals surface area contributed by atoms with E-state index in [2.05, 4.69) is 10.2 Å². The quantitative estimate of drug-likeness (QED) is 0.517. The molecule has 5 heteroatoms. The Kier molecular flexibility index (Phi) is 1.68. The minimum absolute atomic E-state index is 0.479. The van der Waals surface area contributed by atoms with Gasteiger partial charge in [-0.2, -0.15) is 5.10 Å². The summed E-state index contributed by atoms with van der Waals surface area (Å²) in [4.78, 5) is 10.2. The zero-order valence-electron chi connectivity index (χ0n) is 5.11. The second-order valence-corrected chi connectivity index (χ2v) is 1.85. The summed E-state index contributed by atoms with van der Waals surface area (Å²) in [7, 11) is 0. The highest BCUT2D eigenvalue weighted by Gasteiger charge is 2.13. The van der Waals surface area contributed by atoms with Crippen LogP contribution in [0.1, 0.15) is 11.6 Å². The van der Waals surface area contributed by atoms with Gasteiger partial charge in [0.15, 0.2) is 0 Å². The van der Waals surface area contributed by atoms with Crippen molar-refractivity contribution in [3.63, 3.8) is 0 Å². The molecule has 1 aromatic rings. The molecule has 0 aliphatic carbocycles. The third-order valence-corrected chi connectivity index (χ3v) is 1.14. The van der Waals surface area contributed by atoms with Crippen LogP contribution in [0.15, 0.2) is 12.4 Å². The van der Waals surface area contributed by atoms with Gasteiger partial charge < -0.3 is 10.8 Å². The summed E-state index contributed by atoms with van der Waals surface area (Å²) in [5.74, 6) is -1.05. The zero-order valence-corrected chi connectivity index (χ0v) is 5.11. The maximum absolute atomic E-state index is 10.2. The summed E-state index contributed by atoms with van der Waals surface area (Å²) in [6, 6.07) is -0.973. The Balaban J connectivity index is 2.77. The molecule has 54 valence electrons. The van der Waals surface area contributed by atoms with E-state index in [-0.39, 0.29) is 0 Å². The van der Waals surface area contributed by atoms with E-state index in [1.54, 1.807) is 0 Å². The number of rotatable bonds is 2. The Labute approximate surface area is 56.9 Å². The van der Waals surface area contributed by atoms with Crippen molar-refractivity contribution in [1.82, 2.24) is 10.2 Å². The second kappa shape index (κ2) is 2.49.